The Balaban J connectivity index is 2.17. The summed E-state index contributed by atoms with van der Waals surface area (Å²) in [5.74, 6) is 0.864. The zero-order valence-corrected chi connectivity index (χ0v) is 10.2. The second-order valence-corrected chi connectivity index (χ2v) is 5.51. The van der Waals surface area contributed by atoms with E-state index in [-0.39, 0.29) is 0 Å². The van der Waals surface area contributed by atoms with Crippen LogP contribution in [0, 0.1) is 11.3 Å². The maximum Gasteiger partial charge on any atom is 0.00203 e. The van der Waals surface area contributed by atoms with Crippen LogP contribution in [0.5, 0.6) is 0 Å². The highest BCUT2D eigenvalue weighted by Crippen LogP contribution is 2.36. The first-order chi connectivity index (χ1) is 6.68. The molecule has 1 rings (SSSR count). The first-order valence-electron chi connectivity index (χ1n) is 6.39. The molecule has 0 spiro atoms. The smallest absolute Gasteiger partial charge is 0.00203 e. The monoisotopic (exact) mass is 197 g/mol. The van der Waals surface area contributed by atoms with Crippen molar-refractivity contribution in [3.8, 4) is 0 Å². The fourth-order valence-corrected chi connectivity index (χ4v) is 2.69. The van der Waals surface area contributed by atoms with E-state index in [9.17, 15) is 0 Å². The SMILES string of the molecule is CCCCCCC1(CC(C)C)CNC1. The molecule has 1 aliphatic rings. The Morgan fingerprint density at radius 1 is 1.14 bits per heavy atom. The second-order valence-electron chi connectivity index (χ2n) is 5.51. The molecule has 1 saturated heterocycles. The van der Waals surface area contributed by atoms with E-state index < -0.39 is 0 Å². The van der Waals surface area contributed by atoms with Gasteiger partial charge in [0.25, 0.3) is 0 Å². The summed E-state index contributed by atoms with van der Waals surface area (Å²) in [5, 5.41) is 3.45. The van der Waals surface area contributed by atoms with Crippen molar-refractivity contribution in [1.29, 1.82) is 0 Å². The fourth-order valence-electron chi connectivity index (χ4n) is 2.69. The molecule has 1 fully saturated rings. The van der Waals surface area contributed by atoms with Crippen LogP contribution in [0.2, 0.25) is 0 Å². The van der Waals surface area contributed by atoms with Crippen molar-refractivity contribution in [2.24, 2.45) is 11.3 Å². The topological polar surface area (TPSA) is 12.0 Å². The summed E-state index contributed by atoms with van der Waals surface area (Å²) in [4.78, 5) is 0. The predicted octanol–water partition coefficient (Wildman–Crippen LogP) is 3.59. The molecular formula is C13H27N. The van der Waals surface area contributed by atoms with E-state index in [0.29, 0.717) is 5.41 Å². The van der Waals surface area contributed by atoms with Crippen molar-refractivity contribution in [3.05, 3.63) is 0 Å². The fraction of sp³-hybridized carbons (Fsp3) is 1.00. The highest BCUT2D eigenvalue weighted by Gasteiger charge is 2.36. The van der Waals surface area contributed by atoms with Gasteiger partial charge in [-0.05, 0) is 24.2 Å². The molecule has 0 aliphatic carbocycles. The van der Waals surface area contributed by atoms with Crippen LogP contribution in [0.3, 0.4) is 0 Å². The van der Waals surface area contributed by atoms with E-state index in [4.69, 9.17) is 0 Å². The van der Waals surface area contributed by atoms with Gasteiger partial charge in [0.1, 0.15) is 0 Å². The van der Waals surface area contributed by atoms with Crippen molar-refractivity contribution in [2.75, 3.05) is 13.1 Å². The van der Waals surface area contributed by atoms with Crippen LogP contribution in [0.25, 0.3) is 0 Å². The van der Waals surface area contributed by atoms with Gasteiger partial charge in [-0.3, -0.25) is 0 Å². The molecule has 0 radical (unpaired) electrons. The van der Waals surface area contributed by atoms with Gasteiger partial charge in [0.2, 0.25) is 0 Å². The van der Waals surface area contributed by atoms with Gasteiger partial charge in [-0.1, -0.05) is 46.5 Å². The van der Waals surface area contributed by atoms with Gasteiger partial charge < -0.3 is 5.32 Å². The molecule has 0 saturated carbocycles. The molecule has 0 aromatic heterocycles. The minimum Gasteiger partial charge on any atom is -0.316 e. The van der Waals surface area contributed by atoms with Gasteiger partial charge in [0, 0.05) is 13.1 Å². The Bertz CT molecular complexity index is 147. The number of unbranched alkanes of at least 4 members (excludes halogenated alkanes) is 3. The quantitative estimate of drug-likeness (QED) is 0.615. The van der Waals surface area contributed by atoms with Crippen molar-refractivity contribution in [2.45, 2.75) is 59.3 Å². The Labute approximate surface area is 89.7 Å². The van der Waals surface area contributed by atoms with Crippen LogP contribution >= 0.6 is 0 Å². The van der Waals surface area contributed by atoms with Gasteiger partial charge in [0.05, 0.1) is 0 Å². The maximum absolute atomic E-state index is 3.45. The lowest BCUT2D eigenvalue weighted by Crippen LogP contribution is -2.53. The number of rotatable bonds is 7. The van der Waals surface area contributed by atoms with Crippen molar-refractivity contribution in [1.82, 2.24) is 5.32 Å². The Hall–Kier alpha value is -0.0400. The largest absolute Gasteiger partial charge is 0.316 e. The van der Waals surface area contributed by atoms with E-state index in [1.807, 2.05) is 0 Å². The minimum absolute atomic E-state index is 0.682. The molecule has 1 heteroatoms. The summed E-state index contributed by atoms with van der Waals surface area (Å²) < 4.78 is 0. The van der Waals surface area contributed by atoms with E-state index in [0.717, 1.165) is 5.92 Å². The Morgan fingerprint density at radius 3 is 2.29 bits per heavy atom. The molecule has 1 nitrogen and oxygen atoms in total. The van der Waals surface area contributed by atoms with Crippen LogP contribution in [0.15, 0.2) is 0 Å². The van der Waals surface area contributed by atoms with Crippen LogP contribution in [0.1, 0.15) is 59.3 Å². The van der Waals surface area contributed by atoms with Crippen LogP contribution in [0.4, 0.5) is 0 Å². The first kappa shape index (κ1) is 12.0. The summed E-state index contributed by atoms with van der Waals surface area (Å²) in [7, 11) is 0. The van der Waals surface area contributed by atoms with E-state index >= 15 is 0 Å². The normalized spacial score (nSPS) is 19.7. The highest BCUT2D eigenvalue weighted by atomic mass is 15.0. The van der Waals surface area contributed by atoms with Crippen LogP contribution < -0.4 is 5.32 Å². The molecule has 0 bridgehead atoms. The van der Waals surface area contributed by atoms with Gasteiger partial charge in [-0.15, -0.1) is 0 Å². The number of nitrogens with one attached hydrogen (secondary N) is 1. The van der Waals surface area contributed by atoms with Gasteiger partial charge in [-0.2, -0.15) is 0 Å². The Kier molecular flexibility index (Phi) is 4.94. The first-order valence-corrected chi connectivity index (χ1v) is 6.39. The third-order valence-electron chi connectivity index (χ3n) is 3.40. The molecule has 1 heterocycles. The lowest BCUT2D eigenvalue weighted by atomic mass is 9.71. The average Bonchev–Trinajstić information content (AvgIpc) is 2.07. The lowest BCUT2D eigenvalue weighted by molar-refractivity contribution is 0.114. The van der Waals surface area contributed by atoms with Crippen molar-refractivity contribution in [3.63, 3.8) is 0 Å². The molecule has 0 atom stereocenters. The molecule has 0 unspecified atom stereocenters. The Morgan fingerprint density at radius 2 is 1.86 bits per heavy atom. The molecule has 1 N–H and O–H groups in total. The number of hydrogen-bond donors (Lipinski definition) is 1. The standard InChI is InChI=1S/C13H27N/c1-4-5-6-7-8-13(9-12(2)3)10-14-11-13/h12,14H,4-11H2,1-3H3. The molecular weight excluding hydrogens is 170 g/mol. The summed E-state index contributed by atoms with van der Waals surface area (Å²) in [6.45, 7) is 9.54. The van der Waals surface area contributed by atoms with Crippen molar-refractivity contribution >= 4 is 0 Å². The lowest BCUT2D eigenvalue weighted by Gasteiger charge is -2.44. The number of hydrogen-bond acceptors (Lipinski definition) is 1. The second kappa shape index (κ2) is 5.75. The van der Waals surface area contributed by atoms with Crippen LogP contribution in [-0.4, -0.2) is 13.1 Å². The summed E-state index contributed by atoms with van der Waals surface area (Å²) in [6.07, 6.45) is 8.55. The zero-order valence-electron chi connectivity index (χ0n) is 10.2. The summed E-state index contributed by atoms with van der Waals surface area (Å²) in [5.41, 5.74) is 0.682. The highest BCUT2D eigenvalue weighted by molar-refractivity contribution is 4.92. The predicted molar refractivity (Wildman–Crippen MR) is 63.5 cm³/mol. The van der Waals surface area contributed by atoms with Gasteiger partial charge >= 0.3 is 0 Å². The molecule has 14 heavy (non-hydrogen) atoms. The molecule has 1 aliphatic heterocycles. The van der Waals surface area contributed by atoms with E-state index in [1.54, 1.807) is 0 Å². The summed E-state index contributed by atoms with van der Waals surface area (Å²) in [6, 6.07) is 0. The summed E-state index contributed by atoms with van der Waals surface area (Å²) >= 11 is 0. The van der Waals surface area contributed by atoms with E-state index in [2.05, 4.69) is 26.1 Å². The molecule has 0 aromatic rings. The van der Waals surface area contributed by atoms with Gasteiger partial charge in [0.15, 0.2) is 0 Å². The third-order valence-corrected chi connectivity index (χ3v) is 3.40. The van der Waals surface area contributed by atoms with Crippen molar-refractivity contribution < 1.29 is 0 Å². The third kappa shape index (κ3) is 3.61. The zero-order chi connectivity index (χ0) is 10.4. The average molecular weight is 197 g/mol. The molecule has 84 valence electrons. The molecule has 0 aromatic carbocycles. The maximum atomic E-state index is 3.45. The van der Waals surface area contributed by atoms with Crippen LogP contribution in [-0.2, 0) is 0 Å². The van der Waals surface area contributed by atoms with Gasteiger partial charge in [-0.25, -0.2) is 0 Å². The molecule has 0 amide bonds. The van der Waals surface area contributed by atoms with E-state index in [1.165, 1.54) is 51.6 Å². The minimum atomic E-state index is 0.682.